The zero-order chi connectivity index (χ0) is 26.1. The fourth-order valence-electron chi connectivity index (χ4n) is 3.59. The van der Waals surface area contributed by atoms with Gasteiger partial charge < -0.3 is 24.6 Å². The van der Waals surface area contributed by atoms with E-state index in [2.05, 4.69) is 26.2 Å². The lowest BCUT2D eigenvalue weighted by atomic mass is 10.1. The first-order chi connectivity index (χ1) is 17.8. The number of nitrogens with one attached hydrogen (secondary N) is 1. The predicted molar refractivity (Wildman–Crippen MR) is 136 cm³/mol. The normalized spacial score (nSPS) is 11.2. The first-order valence-electron chi connectivity index (χ1n) is 10.7. The van der Waals surface area contributed by atoms with E-state index in [4.69, 9.17) is 19.3 Å². The van der Waals surface area contributed by atoms with Crippen LogP contribution < -0.4 is 15.8 Å². The van der Waals surface area contributed by atoms with Gasteiger partial charge in [-0.1, -0.05) is 15.9 Å². The number of alkyl halides is 2. The Labute approximate surface area is 220 Å². The molecule has 0 saturated carbocycles. The number of amides is 2. The van der Waals surface area contributed by atoms with Crippen molar-refractivity contribution in [2.24, 2.45) is 5.73 Å². The van der Waals surface area contributed by atoms with E-state index in [1.165, 1.54) is 12.3 Å². The van der Waals surface area contributed by atoms with Gasteiger partial charge in [0.05, 0.1) is 12.0 Å². The van der Waals surface area contributed by atoms with Crippen LogP contribution in [0.2, 0.25) is 0 Å². The van der Waals surface area contributed by atoms with Crippen molar-refractivity contribution in [2.45, 2.75) is 13.0 Å². The summed E-state index contributed by atoms with van der Waals surface area (Å²) in [5.74, 6) is -0.337. The Kier molecular flexibility index (Phi) is 6.76. The van der Waals surface area contributed by atoms with Crippen LogP contribution in [0.4, 0.5) is 14.5 Å². The highest BCUT2D eigenvalue weighted by molar-refractivity contribution is 9.10. The van der Waals surface area contributed by atoms with Crippen molar-refractivity contribution >= 4 is 55.0 Å². The average Bonchev–Trinajstić information content (AvgIpc) is 3.63. The molecule has 0 aliphatic rings. The summed E-state index contributed by atoms with van der Waals surface area (Å²) < 4.78 is 44.7. The number of thiophene rings is 1. The highest BCUT2D eigenvalue weighted by Crippen LogP contribution is 2.42. The Bertz CT molecular complexity index is 1600. The number of hydrogen-bond acceptors (Lipinski definition) is 7. The minimum Gasteiger partial charge on any atom is -0.486 e. The third-order valence-electron chi connectivity index (χ3n) is 5.23. The van der Waals surface area contributed by atoms with Gasteiger partial charge in [-0.05, 0) is 54.6 Å². The molecule has 12 heteroatoms. The molecule has 0 saturated heterocycles. The second-order valence-electron chi connectivity index (χ2n) is 7.69. The molecule has 1 aromatic carbocycles. The summed E-state index contributed by atoms with van der Waals surface area (Å²) in [5, 5.41) is 2.88. The number of carbonyl (C=O) groups is 2. The summed E-state index contributed by atoms with van der Waals surface area (Å²) in [6, 6.07) is 14.6. The standard InChI is InChI=1S/C25H16BrF2N3O5S/c26-12-3-5-13(6-4-12)35-11-14-7-8-18(36-14)24(33)31-20-19-15(17-2-1-9-34-17)10-16(22(27)28)30-25(19)37-21(20)23(29)32/h1-10,22H,11H2,(H2,29,32)(H,31,33). The summed E-state index contributed by atoms with van der Waals surface area (Å²) >= 11 is 4.14. The Morgan fingerprint density at radius 2 is 1.95 bits per heavy atom. The number of fused-ring (bicyclic) bond motifs is 1. The Hall–Kier alpha value is -4.03. The van der Waals surface area contributed by atoms with Gasteiger partial charge in [0.2, 0.25) is 0 Å². The third-order valence-corrected chi connectivity index (χ3v) is 6.86. The van der Waals surface area contributed by atoms with Gasteiger partial charge >= 0.3 is 0 Å². The summed E-state index contributed by atoms with van der Waals surface area (Å²) in [4.78, 5) is 29.3. The first-order valence-corrected chi connectivity index (χ1v) is 12.3. The van der Waals surface area contributed by atoms with E-state index in [0.29, 0.717) is 11.5 Å². The molecular formula is C25H16BrF2N3O5S. The number of benzene rings is 1. The molecule has 2 amide bonds. The summed E-state index contributed by atoms with van der Waals surface area (Å²) in [6.45, 7) is 0.0752. The third kappa shape index (κ3) is 5.11. The lowest BCUT2D eigenvalue weighted by Crippen LogP contribution is -2.16. The fraction of sp³-hybridized carbons (Fsp3) is 0.0800. The van der Waals surface area contributed by atoms with Crippen LogP contribution in [0.5, 0.6) is 5.75 Å². The molecule has 0 unspecified atom stereocenters. The van der Waals surface area contributed by atoms with Gasteiger partial charge in [0.15, 0.2) is 5.76 Å². The molecule has 5 aromatic rings. The number of anilines is 1. The molecule has 188 valence electrons. The van der Waals surface area contributed by atoms with Gasteiger partial charge in [0.25, 0.3) is 18.2 Å². The molecule has 37 heavy (non-hydrogen) atoms. The van der Waals surface area contributed by atoms with Gasteiger partial charge in [0, 0.05) is 15.4 Å². The van der Waals surface area contributed by atoms with E-state index in [1.807, 2.05) is 12.1 Å². The smallest absolute Gasteiger partial charge is 0.291 e. The summed E-state index contributed by atoms with van der Waals surface area (Å²) in [6.07, 6.45) is -1.49. The fourth-order valence-corrected chi connectivity index (χ4v) is 4.86. The van der Waals surface area contributed by atoms with E-state index in [0.717, 1.165) is 21.9 Å². The van der Waals surface area contributed by atoms with Crippen LogP contribution in [0, 0.1) is 0 Å². The second-order valence-corrected chi connectivity index (χ2v) is 9.60. The van der Waals surface area contributed by atoms with Crippen LogP contribution in [-0.4, -0.2) is 16.8 Å². The number of pyridine rings is 1. The second kappa shape index (κ2) is 10.1. The zero-order valence-corrected chi connectivity index (χ0v) is 21.1. The number of carbonyl (C=O) groups excluding carboxylic acids is 2. The predicted octanol–water partition coefficient (Wildman–Crippen LogP) is 6.78. The Balaban J connectivity index is 1.47. The highest BCUT2D eigenvalue weighted by atomic mass is 79.9. The van der Waals surface area contributed by atoms with Crippen LogP contribution in [0.1, 0.15) is 38.1 Å². The monoisotopic (exact) mass is 587 g/mol. The van der Waals surface area contributed by atoms with Crippen LogP contribution >= 0.6 is 27.3 Å². The number of furan rings is 2. The van der Waals surface area contributed by atoms with E-state index < -0.39 is 23.9 Å². The maximum atomic E-state index is 13.5. The topological polar surface area (TPSA) is 121 Å². The molecular weight excluding hydrogens is 572 g/mol. The van der Waals surface area contributed by atoms with Crippen molar-refractivity contribution < 1.29 is 31.9 Å². The molecule has 0 bridgehead atoms. The molecule has 0 spiro atoms. The first kappa shape index (κ1) is 24.7. The highest BCUT2D eigenvalue weighted by Gasteiger charge is 2.26. The molecule has 0 atom stereocenters. The van der Waals surface area contributed by atoms with Crippen molar-refractivity contribution in [1.82, 2.24) is 4.98 Å². The Morgan fingerprint density at radius 3 is 2.62 bits per heavy atom. The van der Waals surface area contributed by atoms with Crippen molar-refractivity contribution in [1.29, 1.82) is 0 Å². The summed E-state index contributed by atoms with van der Waals surface area (Å²) in [5.41, 5.74) is 5.30. The molecule has 5 rings (SSSR count). The number of ether oxygens (including phenoxy) is 1. The molecule has 0 aliphatic carbocycles. The molecule has 0 fully saturated rings. The van der Waals surface area contributed by atoms with E-state index >= 15 is 0 Å². The Morgan fingerprint density at radius 1 is 1.16 bits per heavy atom. The van der Waals surface area contributed by atoms with Crippen molar-refractivity contribution in [3.8, 4) is 17.1 Å². The number of nitrogens with two attached hydrogens (primary N) is 1. The minimum absolute atomic E-state index is 0.0290. The van der Waals surface area contributed by atoms with E-state index in [9.17, 15) is 18.4 Å². The number of hydrogen-bond donors (Lipinski definition) is 2. The lowest BCUT2D eigenvalue weighted by Gasteiger charge is -2.09. The molecule has 4 aromatic heterocycles. The average molecular weight is 588 g/mol. The number of nitrogens with zero attached hydrogens (tertiary/aromatic N) is 1. The van der Waals surface area contributed by atoms with Crippen LogP contribution in [0.3, 0.4) is 0 Å². The van der Waals surface area contributed by atoms with Gasteiger partial charge in [-0.2, -0.15) is 0 Å². The van der Waals surface area contributed by atoms with E-state index in [-0.39, 0.29) is 44.5 Å². The minimum atomic E-state index is -2.86. The van der Waals surface area contributed by atoms with E-state index in [1.54, 1.807) is 30.3 Å². The molecule has 0 aliphatic heterocycles. The molecule has 3 N–H and O–H groups in total. The molecule has 8 nitrogen and oxygen atoms in total. The van der Waals surface area contributed by atoms with Crippen molar-refractivity contribution in [2.75, 3.05) is 5.32 Å². The SMILES string of the molecule is NC(=O)c1sc2nc(C(F)F)cc(-c3ccco3)c2c1NC(=O)c1ccc(COc2ccc(Br)cc2)o1. The van der Waals surface area contributed by atoms with Crippen LogP contribution in [-0.2, 0) is 6.61 Å². The van der Waals surface area contributed by atoms with Gasteiger partial charge in [0.1, 0.15) is 39.3 Å². The zero-order valence-electron chi connectivity index (χ0n) is 18.7. The summed E-state index contributed by atoms with van der Waals surface area (Å²) in [7, 11) is 0. The number of rotatable bonds is 8. The van der Waals surface area contributed by atoms with Crippen molar-refractivity contribution in [3.63, 3.8) is 0 Å². The van der Waals surface area contributed by atoms with Crippen LogP contribution in [0.15, 0.2) is 74.2 Å². The molecule has 0 radical (unpaired) electrons. The van der Waals surface area contributed by atoms with Gasteiger partial charge in [-0.25, -0.2) is 13.8 Å². The van der Waals surface area contributed by atoms with Gasteiger partial charge in [-0.15, -0.1) is 11.3 Å². The number of primary amides is 1. The van der Waals surface area contributed by atoms with Gasteiger partial charge in [-0.3, -0.25) is 9.59 Å². The van der Waals surface area contributed by atoms with Crippen LogP contribution in [0.25, 0.3) is 21.5 Å². The quantitative estimate of drug-likeness (QED) is 0.206. The lowest BCUT2D eigenvalue weighted by molar-refractivity contribution is 0.0992. The maximum absolute atomic E-state index is 13.5. The molecule has 4 heterocycles. The number of aromatic nitrogens is 1. The largest absolute Gasteiger partial charge is 0.486 e. The number of halogens is 3. The van der Waals surface area contributed by atoms with Crippen molar-refractivity contribution in [3.05, 3.63) is 87.4 Å². The maximum Gasteiger partial charge on any atom is 0.291 e.